The minimum atomic E-state index is -0.325. The van der Waals surface area contributed by atoms with E-state index >= 15 is 0 Å². The number of carbonyl (C=O) groups is 2. The van der Waals surface area contributed by atoms with Crippen LogP contribution < -0.4 is 0 Å². The number of halogens is 1. The Morgan fingerprint density at radius 2 is 1.47 bits per heavy atom. The molecular formula is C14H9BrO2. The SMILES string of the molecule is O=C1c2ccc(Br)cc2C(=O)C2C=CC=CC12. The molecule has 0 amide bonds. The van der Waals surface area contributed by atoms with Gasteiger partial charge in [0.25, 0.3) is 0 Å². The zero-order valence-electron chi connectivity index (χ0n) is 8.89. The van der Waals surface area contributed by atoms with Gasteiger partial charge < -0.3 is 0 Å². The third-order valence-electron chi connectivity index (χ3n) is 3.25. The molecule has 2 atom stereocenters. The lowest BCUT2D eigenvalue weighted by Gasteiger charge is -2.28. The quantitative estimate of drug-likeness (QED) is 0.735. The normalized spacial score (nSPS) is 25.7. The predicted octanol–water partition coefficient (Wildman–Crippen LogP) is 3.19. The maximum absolute atomic E-state index is 12.3. The van der Waals surface area contributed by atoms with Gasteiger partial charge in [-0.05, 0) is 18.2 Å². The van der Waals surface area contributed by atoms with E-state index in [1.807, 2.05) is 24.3 Å². The van der Waals surface area contributed by atoms with Crippen LogP contribution in [0, 0.1) is 11.8 Å². The second-order valence-electron chi connectivity index (χ2n) is 4.24. The molecule has 84 valence electrons. The van der Waals surface area contributed by atoms with Gasteiger partial charge >= 0.3 is 0 Å². The standard InChI is InChI=1S/C14H9BrO2/c15-8-5-6-11-12(7-8)14(17)10-4-2-1-3-9(10)13(11)16/h1-7,9-10H. The fourth-order valence-electron chi connectivity index (χ4n) is 2.40. The maximum atomic E-state index is 12.3. The Labute approximate surface area is 107 Å². The van der Waals surface area contributed by atoms with Crippen molar-refractivity contribution in [3.8, 4) is 0 Å². The summed E-state index contributed by atoms with van der Waals surface area (Å²) in [7, 11) is 0. The fourth-order valence-corrected chi connectivity index (χ4v) is 2.76. The molecule has 0 saturated carbocycles. The molecule has 0 aliphatic heterocycles. The second-order valence-corrected chi connectivity index (χ2v) is 5.16. The van der Waals surface area contributed by atoms with Crippen LogP contribution in [0.15, 0.2) is 47.0 Å². The van der Waals surface area contributed by atoms with Crippen LogP contribution >= 0.6 is 15.9 Å². The van der Waals surface area contributed by atoms with E-state index in [1.54, 1.807) is 18.2 Å². The average Bonchev–Trinajstić information content (AvgIpc) is 2.36. The van der Waals surface area contributed by atoms with Crippen LogP contribution in [-0.4, -0.2) is 11.6 Å². The maximum Gasteiger partial charge on any atom is 0.171 e. The number of hydrogen-bond acceptors (Lipinski definition) is 2. The summed E-state index contributed by atoms with van der Waals surface area (Å²) in [6.45, 7) is 0. The highest BCUT2D eigenvalue weighted by atomic mass is 79.9. The first-order valence-corrected chi connectivity index (χ1v) is 6.21. The van der Waals surface area contributed by atoms with Crippen molar-refractivity contribution in [2.75, 3.05) is 0 Å². The van der Waals surface area contributed by atoms with E-state index in [0.29, 0.717) is 11.1 Å². The molecule has 0 fully saturated rings. The zero-order valence-corrected chi connectivity index (χ0v) is 10.5. The Balaban J connectivity index is 2.21. The molecule has 3 rings (SSSR count). The van der Waals surface area contributed by atoms with E-state index in [4.69, 9.17) is 0 Å². The number of carbonyl (C=O) groups excluding carboxylic acids is 2. The molecule has 0 aromatic heterocycles. The summed E-state index contributed by atoms with van der Waals surface area (Å²) in [5, 5.41) is 0. The first-order valence-electron chi connectivity index (χ1n) is 5.41. The topological polar surface area (TPSA) is 34.1 Å². The average molecular weight is 289 g/mol. The smallest absolute Gasteiger partial charge is 0.171 e. The van der Waals surface area contributed by atoms with Gasteiger partial charge in [-0.15, -0.1) is 0 Å². The van der Waals surface area contributed by atoms with Gasteiger partial charge in [-0.1, -0.05) is 40.2 Å². The van der Waals surface area contributed by atoms with Gasteiger partial charge in [-0.3, -0.25) is 9.59 Å². The van der Waals surface area contributed by atoms with E-state index < -0.39 is 0 Å². The lowest BCUT2D eigenvalue weighted by Crippen LogP contribution is -2.35. The highest BCUT2D eigenvalue weighted by Gasteiger charge is 2.39. The summed E-state index contributed by atoms with van der Waals surface area (Å²) in [5.41, 5.74) is 1.07. The highest BCUT2D eigenvalue weighted by Crippen LogP contribution is 2.34. The molecule has 0 bridgehead atoms. The summed E-state index contributed by atoms with van der Waals surface area (Å²) in [6, 6.07) is 5.26. The van der Waals surface area contributed by atoms with Crippen molar-refractivity contribution in [1.29, 1.82) is 0 Å². The van der Waals surface area contributed by atoms with Crippen molar-refractivity contribution in [2.24, 2.45) is 11.8 Å². The van der Waals surface area contributed by atoms with E-state index in [-0.39, 0.29) is 23.4 Å². The van der Waals surface area contributed by atoms with Crippen LogP contribution in [0.25, 0.3) is 0 Å². The highest BCUT2D eigenvalue weighted by molar-refractivity contribution is 9.10. The molecule has 3 heteroatoms. The van der Waals surface area contributed by atoms with Crippen molar-refractivity contribution < 1.29 is 9.59 Å². The monoisotopic (exact) mass is 288 g/mol. The Morgan fingerprint density at radius 3 is 2.12 bits per heavy atom. The van der Waals surface area contributed by atoms with Crippen LogP contribution in [0.5, 0.6) is 0 Å². The number of rotatable bonds is 0. The van der Waals surface area contributed by atoms with Crippen molar-refractivity contribution in [2.45, 2.75) is 0 Å². The molecule has 17 heavy (non-hydrogen) atoms. The number of ketones is 2. The summed E-state index contributed by atoms with van der Waals surface area (Å²) < 4.78 is 0.825. The summed E-state index contributed by atoms with van der Waals surface area (Å²) in [6.07, 6.45) is 7.29. The Bertz CT molecular complexity index is 584. The fraction of sp³-hybridized carbons (Fsp3) is 0.143. The van der Waals surface area contributed by atoms with E-state index in [9.17, 15) is 9.59 Å². The van der Waals surface area contributed by atoms with Crippen LogP contribution in [-0.2, 0) is 0 Å². The Morgan fingerprint density at radius 1 is 0.882 bits per heavy atom. The van der Waals surface area contributed by atoms with Gasteiger partial charge in [0.1, 0.15) is 0 Å². The van der Waals surface area contributed by atoms with Gasteiger partial charge in [-0.2, -0.15) is 0 Å². The van der Waals surface area contributed by atoms with E-state index in [1.165, 1.54) is 0 Å². The minimum Gasteiger partial charge on any atom is -0.293 e. The predicted molar refractivity (Wildman–Crippen MR) is 68.1 cm³/mol. The second kappa shape index (κ2) is 3.77. The molecule has 0 spiro atoms. The molecule has 2 unspecified atom stereocenters. The Kier molecular flexibility index (Phi) is 2.37. The summed E-state index contributed by atoms with van der Waals surface area (Å²) in [4.78, 5) is 24.5. The number of Topliss-reactive ketones (excluding diaryl/α,β-unsaturated/α-hetero) is 2. The van der Waals surface area contributed by atoms with Crippen molar-refractivity contribution in [3.63, 3.8) is 0 Å². The van der Waals surface area contributed by atoms with Crippen LogP contribution in [0.3, 0.4) is 0 Å². The third-order valence-corrected chi connectivity index (χ3v) is 3.75. The largest absolute Gasteiger partial charge is 0.293 e. The minimum absolute atomic E-state index is 0.0338. The van der Waals surface area contributed by atoms with Gasteiger partial charge in [0.05, 0.1) is 11.8 Å². The van der Waals surface area contributed by atoms with E-state index in [0.717, 1.165) is 4.47 Å². The molecular weight excluding hydrogens is 280 g/mol. The zero-order chi connectivity index (χ0) is 12.0. The van der Waals surface area contributed by atoms with Gasteiger partial charge in [0.15, 0.2) is 11.6 Å². The van der Waals surface area contributed by atoms with Gasteiger partial charge in [-0.25, -0.2) is 0 Å². The first kappa shape index (κ1) is 10.7. The molecule has 0 saturated heterocycles. The summed E-state index contributed by atoms with van der Waals surface area (Å²) in [5.74, 6) is -0.570. The number of allylic oxidation sites excluding steroid dienone is 4. The summed E-state index contributed by atoms with van der Waals surface area (Å²) >= 11 is 3.33. The lowest BCUT2D eigenvalue weighted by molar-refractivity contribution is 0.0801. The van der Waals surface area contributed by atoms with Crippen molar-refractivity contribution >= 4 is 27.5 Å². The molecule has 2 aliphatic rings. The molecule has 2 nitrogen and oxygen atoms in total. The Hall–Kier alpha value is -1.48. The van der Waals surface area contributed by atoms with Gasteiger partial charge in [0.2, 0.25) is 0 Å². The number of fused-ring (bicyclic) bond motifs is 2. The molecule has 1 aromatic rings. The van der Waals surface area contributed by atoms with Gasteiger partial charge in [0, 0.05) is 15.6 Å². The van der Waals surface area contributed by atoms with Crippen LogP contribution in [0.2, 0.25) is 0 Å². The first-order chi connectivity index (χ1) is 8.18. The van der Waals surface area contributed by atoms with Crippen LogP contribution in [0.4, 0.5) is 0 Å². The third kappa shape index (κ3) is 1.53. The van der Waals surface area contributed by atoms with E-state index in [2.05, 4.69) is 15.9 Å². The lowest BCUT2D eigenvalue weighted by atomic mass is 9.72. The molecule has 0 heterocycles. The number of benzene rings is 1. The molecule has 2 aliphatic carbocycles. The molecule has 0 radical (unpaired) electrons. The molecule has 1 aromatic carbocycles. The van der Waals surface area contributed by atoms with Crippen molar-refractivity contribution in [1.82, 2.24) is 0 Å². The van der Waals surface area contributed by atoms with Crippen LogP contribution in [0.1, 0.15) is 20.7 Å². The van der Waals surface area contributed by atoms with Crippen molar-refractivity contribution in [3.05, 3.63) is 58.1 Å². The number of hydrogen-bond donors (Lipinski definition) is 0. The molecule has 0 N–H and O–H groups in total.